The first kappa shape index (κ1) is 13.3. The van der Waals surface area contributed by atoms with Crippen LogP contribution < -0.4 is 5.73 Å². The molecule has 3 aromatic rings. The number of benzene rings is 2. The average molecular weight is 349 g/mol. The molecule has 0 radical (unpaired) electrons. The molecular weight excluding hydrogens is 339 g/mol. The Bertz CT molecular complexity index is 770. The molecule has 2 aromatic carbocycles. The van der Waals surface area contributed by atoms with E-state index in [9.17, 15) is 4.39 Å². The first-order valence-corrected chi connectivity index (χ1v) is 7.58. The fourth-order valence-electron chi connectivity index (χ4n) is 1.91. The number of hydrogen-bond acceptors (Lipinski definition) is 3. The third kappa shape index (κ3) is 2.46. The molecule has 20 heavy (non-hydrogen) atoms. The quantitative estimate of drug-likeness (QED) is 0.664. The topological polar surface area (TPSA) is 38.9 Å². The summed E-state index contributed by atoms with van der Waals surface area (Å²) >= 11 is 4.80. The van der Waals surface area contributed by atoms with Crippen LogP contribution in [0.4, 0.5) is 10.1 Å². The van der Waals surface area contributed by atoms with Gasteiger partial charge >= 0.3 is 0 Å². The molecule has 0 aliphatic rings. The Morgan fingerprint density at radius 2 is 1.90 bits per heavy atom. The summed E-state index contributed by atoms with van der Waals surface area (Å²) in [5, 5.41) is 2.63. The Hall–Kier alpha value is -1.72. The van der Waals surface area contributed by atoms with Gasteiger partial charge in [0.1, 0.15) is 10.8 Å². The van der Waals surface area contributed by atoms with Crippen LogP contribution in [0.25, 0.3) is 21.8 Å². The highest BCUT2D eigenvalue weighted by molar-refractivity contribution is 9.10. The zero-order valence-electron chi connectivity index (χ0n) is 10.3. The van der Waals surface area contributed by atoms with Gasteiger partial charge in [0, 0.05) is 26.7 Å². The molecule has 0 aliphatic carbocycles. The molecule has 0 atom stereocenters. The fourth-order valence-corrected chi connectivity index (χ4v) is 3.13. The molecule has 1 aromatic heterocycles. The van der Waals surface area contributed by atoms with E-state index in [2.05, 4.69) is 20.9 Å². The summed E-state index contributed by atoms with van der Waals surface area (Å²) in [6.07, 6.45) is 0. The lowest BCUT2D eigenvalue weighted by Crippen LogP contribution is -1.89. The van der Waals surface area contributed by atoms with Crippen LogP contribution in [0.2, 0.25) is 0 Å². The predicted octanol–water partition coefficient (Wildman–Crippen LogP) is 4.96. The Morgan fingerprint density at radius 1 is 1.10 bits per heavy atom. The zero-order chi connectivity index (χ0) is 14.1. The van der Waals surface area contributed by atoms with Gasteiger partial charge in [-0.3, -0.25) is 0 Å². The number of anilines is 1. The third-order valence-electron chi connectivity index (χ3n) is 2.90. The van der Waals surface area contributed by atoms with E-state index in [-0.39, 0.29) is 5.82 Å². The molecule has 0 spiro atoms. The van der Waals surface area contributed by atoms with Crippen LogP contribution in [0.5, 0.6) is 0 Å². The number of rotatable bonds is 2. The van der Waals surface area contributed by atoms with E-state index in [1.807, 2.05) is 29.6 Å². The van der Waals surface area contributed by atoms with Crippen molar-refractivity contribution in [1.82, 2.24) is 4.98 Å². The van der Waals surface area contributed by atoms with E-state index < -0.39 is 0 Å². The Labute approximate surface area is 128 Å². The lowest BCUT2D eigenvalue weighted by atomic mass is 10.1. The average Bonchev–Trinajstić information content (AvgIpc) is 2.91. The van der Waals surface area contributed by atoms with E-state index in [1.165, 1.54) is 17.4 Å². The summed E-state index contributed by atoms with van der Waals surface area (Å²) in [5.74, 6) is -0.286. The van der Waals surface area contributed by atoms with Gasteiger partial charge in [0.2, 0.25) is 0 Å². The second-order valence-electron chi connectivity index (χ2n) is 4.25. The van der Waals surface area contributed by atoms with Gasteiger partial charge in [0.15, 0.2) is 0 Å². The van der Waals surface area contributed by atoms with E-state index in [0.717, 1.165) is 15.0 Å². The van der Waals surface area contributed by atoms with Gasteiger partial charge in [-0.05, 0) is 30.3 Å². The van der Waals surface area contributed by atoms with Gasteiger partial charge in [-0.15, -0.1) is 11.3 Å². The highest BCUT2D eigenvalue weighted by atomic mass is 79.9. The van der Waals surface area contributed by atoms with Crippen molar-refractivity contribution in [3.05, 3.63) is 58.1 Å². The number of hydrogen-bond donors (Lipinski definition) is 1. The SMILES string of the molecule is Nc1ccccc1-c1nc(-c2cc(Br)ccc2F)cs1. The molecule has 2 nitrogen and oxygen atoms in total. The van der Waals surface area contributed by atoms with Crippen molar-refractivity contribution in [3.63, 3.8) is 0 Å². The molecule has 0 aliphatic heterocycles. The van der Waals surface area contributed by atoms with E-state index >= 15 is 0 Å². The van der Waals surface area contributed by atoms with Crippen molar-refractivity contribution in [1.29, 1.82) is 0 Å². The molecule has 100 valence electrons. The van der Waals surface area contributed by atoms with Crippen molar-refractivity contribution in [2.45, 2.75) is 0 Å². The molecule has 1 heterocycles. The number of para-hydroxylation sites is 1. The van der Waals surface area contributed by atoms with Crippen molar-refractivity contribution >= 4 is 33.0 Å². The molecule has 3 rings (SSSR count). The minimum atomic E-state index is -0.286. The summed E-state index contributed by atoms with van der Waals surface area (Å²) in [7, 11) is 0. The highest BCUT2D eigenvalue weighted by Gasteiger charge is 2.12. The maximum absolute atomic E-state index is 13.9. The van der Waals surface area contributed by atoms with Gasteiger partial charge < -0.3 is 5.73 Å². The Morgan fingerprint density at radius 3 is 2.70 bits per heavy atom. The van der Waals surface area contributed by atoms with Gasteiger partial charge in [0.05, 0.1) is 5.69 Å². The summed E-state index contributed by atoms with van der Waals surface area (Å²) in [6, 6.07) is 12.3. The van der Waals surface area contributed by atoms with Crippen molar-refractivity contribution < 1.29 is 4.39 Å². The molecule has 0 saturated heterocycles. The number of halogens is 2. The van der Waals surface area contributed by atoms with Crippen LogP contribution in [0.3, 0.4) is 0 Å². The van der Waals surface area contributed by atoms with Crippen molar-refractivity contribution in [3.8, 4) is 21.8 Å². The van der Waals surface area contributed by atoms with E-state index in [0.29, 0.717) is 16.9 Å². The molecule has 0 bridgehead atoms. The molecule has 0 amide bonds. The van der Waals surface area contributed by atoms with Gasteiger partial charge in [-0.25, -0.2) is 9.37 Å². The lowest BCUT2D eigenvalue weighted by molar-refractivity contribution is 0.630. The summed E-state index contributed by atoms with van der Waals surface area (Å²) in [6.45, 7) is 0. The van der Waals surface area contributed by atoms with Crippen molar-refractivity contribution in [2.75, 3.05) is 5.73 Å². The summed E-state index contributed by atoms with van der Waals surface area (Å²) < 4.78 is 14.7. The first-order valence-electron chi connectivity index (χ1n) is 5.91. The van der Waals surface area contributed by atoms with Crippen molar-refractivity contribution in [2.24, 2.45) is 0 Å². The van der Waals surface area contributed by atoms with Crippen LogP contribution in [0.1, 0.15) is 0 Å². The number of thiazole rings is 1. The molecule has 2 N–H and O–H groups in total. The molecule has 0 unspecified atom stereocenters. The Kier molecular flexibility index (Phi) is 3.54. The summed E-state index contributed by atoms with van der Waals surface area (Å²) in [4.78, 5) is 4.49. The van der Waals surface area contributed by atoms with Crippen LogP contribution in [-0.2, 0) is 0 Å². The predicted molar refractivity (Wildman–Crippen MR) is 85.1 cm³/mol. The fraction of sp³-hybridized carbons (Fsp3) is 0. The highest BCUT2D eigenvalue weighted by Crippen LogP contribution is 2.33. The number of nitrogens with two attached hydrogens (primary N) is 1. The standard InChI is InChI=1S/C15H10BrFN2S/c16-9-5-6-12(17)11(7-9)14-8-20-15(19-14)10-3-1-2-4-13(10)18/h1-8H,18H2. The number of nitrogen functional groups attached to an aromatic ring is 1. The maximum Gasteiger partial charge on any atom is 0.132 e. The van der Waals surface area contributed by atoms with Crippen LogP contribution >= 0.6 is 27.3 Å². The second kappa shape index (κ2) is 5.34. The molecule has 5 heteroatoms. The van der Waals surface area contributed by atoms with E-state index in [1.54, 1.807) is 12.1 Å². The van der Waals surface area contributed by atoms with Crippen LogP contribution in [0.15, 0.2) is 52.3 Å². The largest absolute Gasteiger partial charge is 0.398 e. The number of aromatic nitrogens is 1. The monoisotopic (exact) mass is 348 g/mol. The van der Waals surface area contributed by atoms with Gasteiger partial charge in [0.25, 0.3) is 0 Å². The summed E-state index contributed by atoms with van der Waals surface area (Å²) in [5.41, 5.74) is 8.58. The molecular formula is C15H10BrFN2S. The smallest absolute Gasteiger partial charge is 0.132 e. The van der Waals surface area contributed by atoms with E-state index in [4.69, 9.17) is 5.73 Å². The van der Waals surface area contributed by atoms with Gasteiger partial charge in [-0.2, -0.15) is 0 Å². The first-order chi connectivity index (χ1) is 9.65. The van der Waals surface area contributed by atoms with Crippen LogP contribution in [0, 0.1) is 5.82 Å². The second-order valence-corrected chi connectivity index (χ2v) is 6.02. The molecule has 0 fully saturated rings. The van der Waals surface area contributed by atoms with Crippen LogP contribution in [-0.4, -0.2) is 4.98 Å². The lowest BCUT2D eigenvalue weighted by Gasteiger charge is -2.02. The zero-order valence-corrected chi connectivity index (χ0v) is 12.7. The minimum absolute atomic E-state index is 0.286. The third-order valence-corrected chi connectivity index (χ3v) is 4.27. The number of nitrogens with zero attached hydrogens (tertiary/aromatic N) is 1. The maximum atomic E-state index is 13.9. The molecule has 0 saturated carbocycles. The normalized spacial score (nSPS) is 10.7. The minimum Gasteiger partial charge on any atom is -0.398 e. The van der Waals surface area contributed by atoms with Gasteiger partial charge in [-0.1, -0.05) is 28.1 Å². The Balaban J connectivity index is 2.07.